The zero-order valence-corrected chi connectivity index (χ0v) is 13.0. The van der Waals surface area contributed by atoms with Gasteiger partial charge in [-0.25, -0.2) is 4.79 Å². The zero-order chi connectivity index (χ0) is 15.3. The number of alkyl halides is 3. The molecule has 0 fully saturated rings. The minimum Gasteiger partial charge on any atom is -0.496 e. The molecule has 1 aromatic carbocycles. The highest BCUT2D eigenvalue weighted by Gasteiger charge is 2.30. The monoisotopic (exact) mass is 339 g/mol. The van der Waals surface area contributed by atoms with Crippen LogP contribution in [-0.4, -0.2) is 29.4 Å². The number of methoxy groups -OCH3 is 1. The van der Waals surface area contributed by atoms with Gasteiger partial charge in [-0.2, -0.15) is 0 Å². The molecular formula is C12H12Cl3NO4. The molecule has 0 unspecified atom stereocenters. The molecule has 1 amide bonds. The fourth-order valence-electron chi connectivity index (χ4n) is 1.36. The molecule has 1 rings (SSSR count). The van der Waals surface area contributed by atoms with E-state index < -0.39 is 15.7 Å². The second kappa shape index (κ2) is 7.02. The number of hydrogen-bond acceptors (Lipinski definition) is 4. The molecule has 1 aromatic rings. The number of ether oxygens (including phenoxy) is 2. The van der Waals surface area contributed by atoms with Gasteiger partial charge in [-0.3, -0.25) is 4.79 Å². The van der Waals surface area contributed by atoms with Crippen LogP contribution in [0.2, 0.25) is 0 Å². The lowest BCUT2D eigenvalue weighted by atomic mass is 10.1. The molecule has 20 heavy (non-hydrogen) atoms. The molecule has 0 bridgehead atoms. The number of nitrogens with one attached hydrogen (secondary N) is 1. The van der Waals surface area contributed by atoms with Crippen LogP contribution < -0.4 is 10.1 Å². The minimum atomic E-state index is -2.09. The first-order valence-corrected chi connectivity index (χ1v) is 6.66. The Kier molecular flexibility index (Phi) is 5.92. The molecular weight excluding hydrogens is 328 g/mol. The smallest absolute Gasteiger partial charge is 0.341 e. The summed E-state index contributed by atoms with van der Waals surface area (Å²) < 4.78 is 7.84. The van der Waals surface area contributed by atoms with Crippen molar-refractivity contribution in [2.24, 2.45) is 0 Å². The third-order valence-corrected chi connectivity index (χ3v) is 2.73. The molecule has 5 nitrogen and oxygen atoms in total. The van der Waals surface area contributed by atoms with Gasteiger partial charge >= 0.3 is 5.97 Å². The molecule has 0 saturated carbocycles. The number of carbonyl (C=O) groups excluding carboxylic acids is 2. The average molecular weight is 341 g/mol. The molecule has 110 valence electrons. The van der Waals surface area contributed by atoms with Crippen LogP contribution in [0.25, 0.3) is 0 Å². The summed E-state index contributed by atoms with van der Waals surface area (Å²) in [5.74, 6) is -1.09. The Hall–Kier alpha value is -1.17. The number of halogens is 3. The second-order valence-electron chi connectivity index (χ2n) is 3.59. The number of amides is 1. The largest absolute Gasteiger partial charge is 0.496 e. The normalized spacial score (nSPS) is 10.8. The maximum absolute atomic E-state index is 11.8. The van der Waals surface area contributed by atoms with Gasteiger partial charge in [-0.15, -0.1) is 0 Å². The van der Waals surface area contributed by atoms with E-state index in [0.717, 1.165) is 0 Å². The first kappa shape index (κ1) is 16.9. The van der Waals surface area contributed by atoms with Gasteiger partial charge in [-0.05, 0) is 25.1 Å². The number of hydrogen-bond donors (Lipinski definition) is 1. The molecule has 0 spiro atoms. The lowest BCUT2D eigenvalue weighted by Gasteiger charge is -2.13. The van der Waals surface area contributed by atoms with Crippen molar-refractivity contribution in [1.82, 2.24) is 0 Å². The molecule has 1 N–H and O–H groups in total. The van der Waals surface area contributed by atoms with E-state index >= 15 is 0 Å². The van der Waals surface area contributed by atoms with E-state index in [1.54, 1.807) is 6.92 Å². The summed E-state index contributed by atoms with van der Waals surface area (Å²) in [5.41, 5.74) is 0.446. The zero-order valence-electron chi connectivity index (χ0n) is 10.7. The minimum absolute atomic E-state index is 0.163. The van der Waals surface area contributed by atoms with Crippen LogP contribution >= 0.6 is 34.8 Å². The summed E-state index contributed by atoms with van der Waals surface area (Å²) in [4.78, 5) is 23.3. The van der Waals surface area contributed by atoms with Gasteiger partial charge in [0, 0.05) is 5.69 Å². The van der Waals surface area contributed by atoms with Crippen LogP contribution in [0.1, 0.15) is 17.3 Å². The van der Waals surface area contributed by atoms with E-state index in [4.69, 9.17) is 44.3 Å². The van der Waals surface area contributed by atoms with Crippen LogP contribution in [0, 0.1) is 0 Å². The average Bonchev–Trinajstić information content (AvgIpc) is 2.37. The van der Waals surface area contributed by atoms with Gasteiger partial charge < -0.3 is 14.8 Å². The Balaban J connectivity index is 3.04. The Labute approximate surface area is 131 Å². The summed E-state index contributed by atoms with van der Waals surface area (Å²) in [5, 5.41) is 2.37. The molecule has 0 radical (unpaired) electrons. The highest BCUT2D eigenvalue weighted by molar-refractivity contribution is 6.76. The highest BCUT2D eigenvalue weighted by atomic mass is 35.6. The molecule has 0 aliphatic heterocycles. The van der Waals surface area contributed by atoms with E-state index in [1.807, 2.05) is 0 Å². The Morgan fingerprint density at radius 1 is 1.30 bits per heavy atom. The summed E-state index contributed by atoms with van der Waals surface area (Å²) in [6, 6.07) is 4.39. The maximum Gasteiger partial charge on any atom is 0.341 e. The number of benzene rings is 1. The van der Waals surface area contributed by atoms with Crippen molar-refractivity contribution in [3.63, 3.8) is 0 Å². The number of esters is 1. The fraction of sp³-hybridized carbons (Fsp3) is 0.333. The van der Waals surface area contributed by atoms with E-state index in [1.165, 1.54) is 25.3 Å². The number of anilines is 1. The van der Waals surface area contributed by atoms with Crippen LogP contribution in [-0.2, 0) is 9.53 Å². The van der Waals surface area contributed by atoms with Crippen molar-refractivity contribution in [1.29, 1.82) is 0 Å². The predicted octanol–water partition coefficient (Wildman–Crippen LogP) is 3.18. The van der Waals surface area contributed by atoms with Crippen molar-refractivity contribution in [3.05, 3.63) is 23.8 Å². The molecule has 0 saturated heterocycles. The molecule has 0 aromatic heterocycles. The quantitative estimate of drug-likeness (QED) is 0.675. The summed E-state index contributed by atoms with van der Waals surface area (Å²) in [7, 11) is 1.41. The van der Waals surface area contributed by atoms with Gasteiger partial charge in [-0.1, -0.05) is 34.8 Å². The number of rotatable bonds is 4. The predicted molar refractivity (Wildman–Crippen MR) is 77.9 cm³/mol. The Morgan fingerprint density at radius 3 is 2.45 bits per heavy atom. The van der Waals surface area contributed by atoms with E-state index in [2.05, 4.69) is 5.32 Å². The van der Waals surface area contributed by atoms with E-state index in [0.29, 0.717) is 5.75 Å². The third kappa shape index (κ3) is 4.44. The molecule has 8 heteroatoms. The second-order valence-corrected chi connectivity index (χ2v) is 5.87. The SMILES string of the molecule is CCOC(=O)c1cc(NC(=O)C(Cl)(Cl)Cl)ccc1OC. The van der Waals surface area contributed by atoms with Crippen molar-refractivity contribution in [2.75, 3.05) is 19.0 Å². The molecule has 0 atom stereocenters. The maximum atomic E-state index is 11.8. The van der Waals surface area contributed by atoms with E-state index in [9.17, 15) is 9.59 Å². The summed E-state index contributed by atoms with van der Waals surface area (Å²) in [6.45, 7) is 1.89. The van der Waals surface area contributed by atoms with Crippen molar-refractivity contribution >= 4 is 52.4 Å². The fourth-order valence-corrected chi connectivity index (χ4v) is 1.50. The van der Waals surface area contributed by atoms with Crippen LogP contribution in [0.3, 0.4) is 0 Å². The van der Waals surface area contributed by atoms with E-state index in [-0.39, 0.29) is 17.9 Å². The lowest BCUT2D eigenvalue weighted by Crippen LogP contribution is -2.27. The van der Waals surface area contributed by atoms with Crippen LogP contribution in [0.5, 0.6) is 5.75 Å². The van der Waals surface area contributed by atoms with Gasteiger partial charge in [0.2, 0.25) is 0 Å². The van der Waals surface area contributed by atoms with Gasteiger partial charge in [0.25, 0.3) is 9.70 Å². The van der Waals surface area contributed by atoms with Crippen LogP contribution in [0.4, 0.5) is 5.69 Å². The standard InChI is InChI=1S/C12H12Cl3NO4/c1-3-20-10(17)8-6-7(4-5-9(8)19-2)16-11(18)12(13,14)15/h4-6H,3H2,1-2H3,(H,16,18). The first-order chi connectivity index (χ1) is 9.29. The topological polar surface area (TPSA) is 64.6 Å². The Bertz CT molecular complexity index is 514. The summed E-state index contributed by atoms with van der Waals surface area (Å²) >= 11 is 16.3. The molecule has 0 heterocycles. The lowest BCUT2D eigenvalue weighted by molar-refractivity contribution is -0.115. The van der Waals surface area contributed by atoms with Crippen LogP contribution in [0.15, 0.2) is 18.2 Å². The van der Waals surface area contributed by atoms with Crippen molar-refractivity contribution < 1.29 is 19.1 Å². The van der Waals surface area contributed by atoms with Gasteiger partial charge in [0.15, 0.2) is 0 Å². The number of carbonyl (C=O) groups is 2. The van der Waals surface area contributed by atoms with Crippen molar-refractivity contribution in [2.45, 2.75) is 10.7 Å². The first-order valence-electron chi connectivity index (χ1n) is 5.53. The van der Waals surface area contributed by atoms with Gasteiger partial charge in [0.05, 0.1) is 13.7 Å². The third-order valence-electron chi connectivity index (χ3n) is 2.21. The summed E-state index contributed by atoms with van der Waals surface area (Å²) in [6.07, 6.45) is 0. The Morgan fingerprint density at radius 2 is 1.95 bits per heavy atom. The van der Waals surface area contributed by atoms with Crippen molar-refractivity contribution in [3.8, 4) is 5.75 Å². The highest BCUT2D eigenvalue weighted by Crippen LogP contribution is 2.29. The molecule has 0 aliphatic rings. The van der Waals surface area contributed by atoms with Gasteiger partial charge in [0.1, 0.15) is 11.3 Å². The molecule has 0 aliphatic carbocycles.